The van der Waals surface area contributed by atoms with Crippen LogP contribution in [0.25, 0.3) is 5.57 Å². The van der Waals surface area contributed by atoms with E-state index in [0.717, 1.165) is 41.7 Å². The molecule has 124 valence electrons. The molecule has 1 aliphatic carbocycles. The van der Waals surface area contributed by atoms with Crippen molar-refractivity contribution in [1.82, 2.24) is 4.98 Å². The van der Waals surface area contributed by atoms with Gasteiger partial charge in [0.1, 0.15) is 0 Å². The predicted molar refractivity (Wildman–Crippen MR) is 99.5 cm³/mol. The Hall–Kier alpha value is -1.94. The Morgan fingerprint density at radius 2 is 2.12 bits per heavy atom. The predicted octanol–water partition coefficient (Wildman–Crippen LogP) is 4.79. The summed E-state index contributed by atoms with van der Waals surface area (Å²) in [6.45, 7) is 5.06. The van der Waals surface area contributed by atoms with E-state index in [4.69, 9.17) is 0 Å². The number of carbonyl (C=O) groups excluding carboxylic acids is 1. The minimum Gasteiger partial charge on any atom is -0.288 e. The molecule has 0 spiro atoms. The number of carbonyl (C=O) groups is 1. The number of amides is 1. The number of benzene rings is 1. The average Bonchev–Trinajstić information content (AvgIpc) is 3.16. The first-order valence-corrected chi connectivity index (χ1v) is 9.62. The number of hydrogen-bond acceptors (Lipinski definition) is 3. The Bertz CT molecular complexity index is 775. The maximum atomic E-state index is 11.9. The molecule has 0 atom stereocenters. The Balaban J connectivity index is 1.51. The Kier molecular flexibility index (Phi) is 4.23. The van der Waals surface area contributed by atoms with E-state index in [1.54, 1.807) is 11.3 Å². The van der Waals surface area contributed by atoms with Crippen LogP contribution in [0.4, 0.5) is 5.13 Å². The van der Waals surface area contributed by atoms with Crippen LogP contribution in [0.5, 0.6) is 0 Å². The van der Waals surface area contributed by atoms with Gasteiger partial charge in [-0.1, -0.05) is 37.3 Å². The molecule has 3 nitrogen and oxygen atoms in total. The normalized spacial score (nSPS) is 18.0. The van der Waals surface area contributed by atoms with Gasteiger partial charge in [0.15, 0.2) is 5.13 Å². The minimum atomic E-state index is 0.192. The van der Waals surface area contributed by atoms with Crippen LogP contribution in [-0.4, -0.2) is 17.4 Å². The minimum absolute atomic E-state index is 0.192. The fraction of sp³-hybridized carbons (Fsp3) is 0.400. The van der Waals surface area contributed by atoms with Crippen LogP contribution in [0, 0.1) is 0 Å². The van der Waals surface area contributed by atoms with Crippen LogP contribution in [-0.2, 0) is 11.2 Å². The second kappa shape index (κ2) is 6.52. The fourth-order valence-electron chi connectivity index (χ4n) is 3.53. The van der Waals surface area contributed by atoms with Gasteiger partial charge in [-0.2, -0.15) is 0 Å². The van der Waals surface area contributed by atoms with E-state index in [1.807, 2.05) is 10.3 Å². The molecule has 1 aromatic heterocycles. The third kappa shape index (κ3) is 2.91. The van der Waals surface area contributed by atoms with Gasteiger partial charge in [0.25, 0.3) is 0 Å². The third-order valence-electron chi connectivity index (χ3n) is 5.16. The molecule has 1 amide bonds. The van der Waals surface area contributed by atoms with Crippen LogP contribution in [0.1, 0.15) is 54.8 Å². The van der Waals surface area contributed by atoms with Crippen molar-refractivity contribution in [1.29, 1.82) is 0 Å². The zero-order valence-electron chi connectivity index (χ0n) is 13.8. The lowest BCUT2D eigenvalue weighted by atomic mass is 9.77. The lowest BCUT2D eigenvalue weighted by molar-refractivity contribution is -0.117. The molecule has 1 saturated heterocycles. The van der Waals surface area contributed by atoms with Crippen molar-refractivity contribution >= 4 is 27.9 Å². The summed E-state index contributed by atoms with van der Waals surface area (Å²) in [5.41, 5.74) is 4.82. The molecular formula is C20H22N2OS. The van der Waals surface area contributed by atoms with Gasteiger partial charge < -0.3 is 0 Å². The molecule has 1 aliphatic heterocycles. The van der Waals surface area contributed by atoms with Crippen molar-refractivity contribution in [3.05, 3.63) is 53.0 Å². The van der Waals surface area contributed by atoms with E-state index in [9.17, 15) is 4.79 Å². The smallest absolute Gasteiger partial charge is 0.228 e. The lowest BCUT2D eigenvalue weighted by Gasteiger charge is -2.28. The van der Waals surface area contributed by atoms with Gasteiger partial charge in [-0.15, -0.1) is 11.3 Å². The van der Waals surface area contributed by atoms with E-state index >= 15 is 0 Å². The van der Waals surface area contributed by atoms with Crippen LogP contribution in [0.2, 0.25) is 0 Å². The summed E-state index contributed by atoms with van der Waals surface area (Å²) >= 11 is 1.55. The molecule has 24 heavy (non-hydrogen) atoms. The summed E-state index contributed by atoms with van der Waals surface area (Å²) in [5.74, 6) is 0.916. The highest BCUT2D eigenvalue weighted by molar-refractivity contribution is 7.14. The molecule has 0 bridgehead atoms. The fourth-order valence-corrected chi connectivity index (χ4v) is 4.44. The number of allylic oxidation sites excluding steroid dienone is 1. The number of rotatable bonds is 5. The molecule has 4 heteroatoms. The third-order valence-corrected chi connectivity index (χ3v) is 6.03. The van der Waals surface area contributed by atoms with Gasteiger partial charge in [0.2, 0.25) is 5.91 Å². The van der Waals surface area contributed by atoms with E-state index in [1.165, 1.54) is 30.4 Å². The standard InChI is InChI=1S/C20H22N2OS/c1-14(12-16-6-2-3-9-17(16)15-7-4-8-15)18-13-24-20(21-18)22-11-5-10-19(22)23/h2-3,6,9,13,15H,1,4-5,7-8,10-12H2. The number of thiazole rings is 1. The first-order chi connectivity index (χ1) is 11.7. The zero-order valence-corrected chi connectivity index (χ0v) is 14.6. The van der Waals surface area contributed by atoms with Gasteiger partial charge in [-0.3, -0.25) is 9.69 Å². The molecule has 2 fully saturated rings. The van der Waals surface area contributed by atoms with E-state index in [0.29, 0.717) is 6.42 Å². The Labute approximate surface area is 147 Å². The SMILES string of the molecule is C=C(Cc1ccccc1C1CCC1)c1csc(N2CCCC2=O)n1. The quantitative estimate of drug-likeness (QED) is 0.785. The molecule has 4 rings (SSSR count). The monoisotopic (exact) mass is 338 g/mol. The van der Waals surface area contributed by atoms with E-state index in [2.05, 4.69) is 35.8 Å². The lowest BCUT2D eigenvalue weighted by Crippen LogP contribution is -2.23. The van der Waals surface area contributed by atoms with Gasteiger partial charge in [0.05, 0.1) is 5.69 Å². The Morgan fingerprint density at radius 3 is 2.83 bits per heavy atom. The number of anilines is 1. The first kappa shape index (κ1) is 15.6. The van der Waals surface area contributed by atoms with Crippen molar-refractivity contribution in [2.24, 2.45) is 0 Å². The highest BCUT2D eigenvalue weighted by Gasteiger charge is 2.25. The zero-order chi connectivity index (χ0) is 16.5. The highest BCUT2D eigenvalue weighted by Crippen LogP contribution is 2.39. The highest BCUT2D eigenvalue weighted by atomic mass is 32.1. The largest absolute Gasteiger partial charge is 0.288 e. The summed E-state index contributed by atoms with van der Waals surface area (Å²) in [6, 6.07) is 8.73. The average molecular weight is 338 g/mol. The molecular weight excluding hydrogens is 316 g/mol. The first-order valence-electron chi connectivity index (χ1n) is 8.74. The van der Waals surface area contributed by atoms with Crippen LogP contribution < -0.4 is 4.90 Å². The molecule has 0 radical (unpaired) electrons. The van der Waals surface area contributed by atoms with Gasteiger partial charge in [0, 0.05) is 18.3 Å². The van der Waals surface area contributed by atoms with E-state index in [-0.39, 0.29) is 5.91 Å². The van der Waals surface area contributed by atoms with Gasteiger partial charge >= 0.3 is 0 Å². The summed E-state index contributed by atoms with van der Waals surface area (Å²) in [7, 11) is 0. The molecule has 2 aromatic rings. The Morgan fingerprint density at radius 1 is 1.29 bits per heavy atom. The molecule has 2 heterocycles. The van der Waals surface area contributed by atoms with Crippen LogP contribution in [0.15, 0.2) is 36.2 Å². The molecule has 1 saturated carbocycles. The molecule has 0 N–H and O–H groups in total. The van der Waals surface area contributed by atoms with E-state index < -0.39 is 0 Å². The van der Waals surface area contributed by atoms with Crippen molar-refractivity contribution in [3.8, 4) is 0 Å². The molecule has 0 unspecified atom stereocenters. The van der Waals surface area contributed by atoms with Crippen molar-refractivity contribution in [2.75, 3.05) is 11.4 Å². The topological polar surface area (TPSA) is 33.2 Å². The maximum absolute atomic E-state index is 11.9. The molecule has 2 aliphatic rings. The number of nitrogens with zero attached hydrogens (tertiary/aromatic N) is 2. The summed E-state index contributed by atoms with van der Waals surface area (Å²) in [6.07, 6.45) is 6.37. The summed E-state index contributed by atoms with van der Waals surface area (Å²) in [4.78, 5) is 18.4. The van der Waals surface area contributed by atoms with Crippen molar-refractivity contribution in [2.45, 2.75) is 44.4 Å². The molecule has 1 aromatic carbocycles. The van der Waals surface area contributed by atoms with Crippen LogP contribution >= 0.6 is 11.3 Å². The van der Waals surface area contributed by atoms with Crippen molar-refractivity contribution < 1.29 is 4.79 Å². The summed E-state index contributed by atoms with van der Waals surface area (Å²) < 4.78 is 0. The second-order valence-corrected chi connectivity index (χ2v) is 7.61. The van der Waals surface area contributed by atoms with Crippen LogP contribution in [0.3, 0.4) is 0 Å². The summed E-state index contributed by atoms with van der Waals surface area (Å²) in [5, 5.41) is 2.86. The number of aromatic nitrogens is 1. The van der Waals surface area contributed by atoms with Gasteiger partial charge in [-0.25, -0.2) is 4.98 Å². The maximum Gasteiger partial charge on any atom is 0.228 e. The number of hydrogen-bond donors (Lipinski definition) is 0. The van der Waals surface area contributed by atoms with Gasteiger partial charge in [-0.05, 0) is 48.3 Å². The second-order valence-electron chi connectivity index (χ2n) is 6.77. The van der Waals surface area contributed by atoms with Crippen molar-refractivity contribution in [3.63, 3.8) is 0 Å².